The zero-order valence-electron chi connectivity index (χ0n) is 7.13. The molecule has 1 aliphatic rings. The Balaban J connectivity index is 3.07. The van der Waals surface area contributed by atoms with Gasteiger partial charge < -0.3 is 5.32 Å². The van der Waals surface area contributed by atoms with Crippen molar-refractivity contribution in [3.8, 4) is 0 Å². The Labute approximate surface area is 70.3 Å². The normalized spacial score (nSPS) is 18.0. The third-order valence-electron chi connectivity index (χ3n) is 1.73. The minimum absolute atomic E-state index is 0.104. The Morgan fingerprint density at radius 1 is 1.58 bits per heavy atom. The van der Waals surface area contributed by atoms with E-state index in [-0.39, 0.29) is 5.70 Å². The number of rotatable bonds is 1. The molecule has 0 unspecified atom stereocenters. The third kappa shape index (κ3) is 1.61. The topological polar surface area (TPSA) is 67.5 Å². The minimum Gasteiger partial charge on any atom is -0.381 e. The van der Waals surface area contributed by atoms with E-state index in [0.717, 1.165) is 0 Å². The van der Waals surface area contributed by atoms with E-state index in [1.54, 1.807) is 13.8 Å². The third-order valence-corrected chi connectivity index (χ3v) is 1.73. The van der Waals surface area contributed by atoms with Crippen molar-refractivity contribution in [2.75, 3.05) is 13.1 Å². The van der Waals surface area contributed by atoms with Crippen LogP contribution < -0.4 is 5.32 Å². The summed E-state index contributed by atoms with van der Waals surface area (Å²) in [6.45, 7) is 4.62. The van der Waals surface area contributed by atoms with Gasteiger partial charge in [0.25, 0.3) is 0 Å². The second-order valence-corrected chi connectivity index (χ2v) is 2.62. The number of nitro groups is 1. The van der Waals surface area contributed by atoms with Crippen molar-refractivity contribution < 1.29 is 4.92 Å². The minimum atomic E-state index is -0.396. The predicted octanol–water partition coefficient (Wildman–Crippen LogP) is 0.559. The fourth-order valence-corrected chi connectivity index (χ4v) is 1.17. The highest BCUT2D eigenvalue weighted by Crippen LogP contribution is 2.07. The average molecular weight is 169 g/mol. The summed E-state index contributed by atoms with van der Waals surface area (Å²) in [5.74, 6) is 0. The summed E-state index contributed by atoms with van der Waals surface area (Å²) in [5.41, 5.74) is 1.20. The molecule has 0 aromatic carbocycles. The molecule has 0 bridgehead atoms. The summed E-state index contributed by atoms with van der Waals surface area (Å²) < 4.78 is 0. The van der Waals surface area contributed by atoms with Gasteiger partial charge in [0, 0.05) is 6.54 Å². The second kappa shape index (κ2) is 3.34. The highest BCUT2D eigenvalue weighted by atomic mass is 16.6. The van der Waals surface area contributed by atoms with Gasteiger partial charge in [-0.3, -0.25) is 15.1 Å². The first-order valence-electron chi connectivity index (χ1n) is 3.73. The van der Waals surface area contributed by atoms with Crippen LogP contribution in [0.2, 0.25) is 0 Å². The van der Waals surface area contributed by atoms with Gasteiger partial charge in [-0.25, -0.2) is 0 Å². The van der Waals surface area contributed by atoms with E-state index in [1.165, 1.54) is 0 Å². The van der Waals surface area contributed by atoms with Crippen molar-refractivity contribution in [3.05, 3.63) is 21.5 Å². The molecule has 0 aromatic heterocycles. The van der Waals surface area contributed by atoms with Crippen LogP contribution in [0.25, 0.3) is 0 Å². The van der Waals surface area contributed by atoms with Gasteiger partial charge >= 0.3 is 5.70 Å². The van der Waals surface area contributed by atoms with Crippen LogP contribution in [0.15, 0.2) is 16.4 Å². The smallest absolute Gasteiger partial charge is 0.308 e. The van der Waals surface area contributed by atoms with Gasteiger partial charge in [-0.15, -0.1) is 0 Å². The molecule has 1 aliphatic heterocycles. The lowest BCUT2D eigenvalue weighted by Gasteiger charge is -2.01. The molecule has 0 aromatic rings. The summed E-state index contributed by atoms with van der Waals surface area (Å²) in [6.07, 6.45) is 0. The Morgan fingerprint density at radius 2 is 2.25 bits per heavy atom. The molecule has 1 rings (SSSR count). The molecule has 0 amide bonds. The van der Waals surface area contributed by atoms with Gasteiger partial charge in [0.05, 0.1) is 17.2 Å². The summed E-state index contributed by atoms with van der Waals surface area (Å²) in [7, 11) is 0. The lowest BCUT2D eigenvalue weighted by atomic mass is 10.2. The largest absolute Gasteiger partial charge is 0.381 e. The molecule has 5 heteroatoms. The lowest BCUT2D eigenvalue weighted by molar-refractivity contribution is -0.416. The van der Waals surface area contributed by atoms with Gasteiger partial charge in [-0.2, -0.15) is 0 Å². The van der Waals surface area contributed by atoms with E-state index >= 15 is 0 Å². The summed E-state index contributed by atoms with van der Waals surface area (Å²) >= 11 is 0. The average Bonchev–Trinajstić information content (AvgIpc) is 2.11. The molecule has 1 heterocycles. The molecule has 66 valence electrons. The number of nitrogens with zero attached hydrogens (tertiary/aromatic N) is 2. The van der Waals surface area contributed by atoms with Crippen LogP contribution in [0.5, 0.6) is 0 Å². The number of allylic oxidation sites excluding steroid dienone is 2. The molecule has 0 atom stereocenters. The zero-order chi connectivity index (χ0) is 9.14. The van der Waals surface area contributed by atoms with E-state index in [0.29, 0.717) is 24.5 Å². The predicted molar refractivity (Wildman–Crippen MR) is 45.7 cm³/mol. The van der Waals surface area contributed by atoms with Crippen molar-refractivity contribution in [1.82, 2.24) is 5.32 Å². The van der Waals surface area contributed by atoms with Crippen molar-refractivity contribution in [1.29, 1.82) is 0 Å². The number of hydrogen-bond donors (Lipinski definition) is 1. The van der Waals surface area contributed by atoms with Crippen LogP contribution in [0, 0.1) is 10.1 Å². The highest BCUT2D eigenvalue weighted by molar-refractivity contribution is 5.96. The summed E-state index contributed by atoms with van der Waals surface area (Å²) in [4.78, 5) is 14.2. The molecular weight excluding hydrogens is 158 g/mol. The Hall–Kier alpha value is -1.39. The van der Waals surface area contributed by atoms with E-state index < -0.39 is 4.92 Å². The van der Waals surface area contributed by atoms with E-state index in [9.17, 15) is 10.1 Å². The van der Waals surface area contributed by atoms with Crippen molar-refractivity contribution in [2.45, 2.75) is 13.8 Å². The van der Waals surface area contributed by atoms with Gasteiger partial charge in [0.2, 0.25) is 0 Å². The number of aliphatic imine (C=N–C) groups is 1. The molecular formula is C7H11N3O2. The van der Waals surface area contributed by atoms with Crippen molar-refractivity contribution >= 4 is 5.71 Å². The fourth-order valence-electron chi connectivity index (χ4n) is 1.17. The van der Waals surface area contributed by atoms with E-state index in [4.69, 9.17) is 0 Å². The zero-order valence-corrected chi connectivity index (χ0v) is 7.13. The number of nitrogens with one attached hydrogen (secondary N) is 1. The Morgan fingerprint density at radius 3 is 2.83 bits per heavy atom. The maximum atomic E-state index is 10.6. The first-order valence-corrected chi connectivity index (χ1v) is 3.73. The first kappa shape index (κ1) is 8.70. The number of hydrogen-bond acceptors (Lipinski definition) is 4. The van der Waals surface area contributed by atoms with Crippen LogP contribution >= 0.6 is 0 Å². The maximum absolute atomic E-state index is 10.6. The van der Waals surface area contributed by atoms with Gasteiger partial charge in [0.1, 0.15) is 5.71 Å². The van der Waals surface area contributed by atoms with Crippen molar-refractivity contribution in [3.63, 3.8) is 0 Å². The van der Waals surface area contributed by atoms with Gasteiger partial charge in [0.15, 0.2) is 0 Å². The first-order chi connectivity index (χ1) is 5.63. The molecule has 0 aliphatic carbocycles. The Kier molecular flexibility index (Phi) is 2.42. The molecule has 0 radical (unpaired) electrons. The molecule has 0 spiro atoms. The monoisotopic (exact) mass is 169 g/mol. The highest BCUT2D eigenvalue weighted by Gasteiger charge is 2.20. The molecule has 5 nitrogen and oxygen atoms in total. The molecule has 0 saturated carbocycles. The molecule has 0 saturated heterocycles. The molecule has 12 heavy (non-hydrogen) atoms. The fraction of sp³-hybridized carbons (Fsp3) is 0.571. The maximum Gasteiger partial charge on any atom is 0.308 e. The van der Waals surface area contributed by atoms with Crippen LogP contribution in [-0.2, 0) is 0 Å². The van der Waals surface area contributed by atoms with E-state index in [1.807, 2.05) is 0 Å². The van der Waals surface area contributed by atoms with Crippen LogP contribution in [-0.4, -0.2) is 23.7 Å². The standard InChI is InChI=1S/C7H11N3O2/c1-5-7(10(11)12)6(2)9-4-3-8-5/h8H,3-4H2,1-2H3. The van der Waals surface area contributed by atoms with Gasteiger partial charge in [-0.1, -0.05) is 0 Å². The Bertz CT molecular complexity index is 268. The molecule has 1 N–H and O–H groups in total. The SMILES string of the molecule is CC1=NCCNC(C)=C1[N+](=O)[O-]. The summed E-state index contributed by atoms with van der Waals surface area (Å²) in [6, 6.07) is 0. The quantitative estimate of drug-likeness (QED) is 0.460. The summed E-state index contributed by atoms with van der Waals surface area (Å²) in [5, 5.41) is 13.5. The molecule has 0 fully saturated rings. The van der Waals surface area contributed by atoms with Gasteiger partial charge in [-0.05, 0) is 13.8 Å². The van der Waals surface area contributed by atoms with Crippen LogP contribution in [0.3, 0.4) is 0 Å². The van der Waals surface area contributed by atoms with E-state index in [2.05, 4.69) is 10.3 Å². The second-order valence-electron chi connectivity index (χ2n) is 2.62. The van der Waals surface area contributed by atoms with Crippen LogP contribution in [0.1, 0.15) is 13.8 Å². The lowest BCUT2D eigenvalue weighted by Crippen LogP contribution is -2.18. The van der Waals surface area contributed by atoms with Crippen molar-refractivity contribution in [2.24, 2.45) is 4.99 Å². The van der Waals surface area contributed by atoms with Crippen LogP contribution in [0.4, 0.5) is 0 Å².